The fourth-order valence-electron chi connectivity index (χ4n) is 1.99. The molecule has 0 radical (unpaired) electrons. The third-order valence-electron chi connectivity index (χ3n) is 3.06. The molecule has 0 unspecified atom stereocenters. The van der Waals surface area contributed by atoms with Gasteiger partial charge in [0.1, 0.15) is 0 Å². The van der Waals surface area contributed by atoms with Crippen LogP contribution in [-0.4, -0.2) is 28.8 Å². The van der Waals surface area contributed by atoms with Gasteiger partial charge >= 0.3 is 0 Å². The van der Waals surface area contributed by atoms with Crippen molar-refractivity contribution in [1.29, 1.82) is 0 Å². The van der Waals surface area contributed by atoms with Crippen LogP contribution < -0.4 is 11.1 Å². The Morgan fingerprint density at radius 1 is 1.33 bits per heavy atom. The molecule has 0 aliphatic heterocycles. The highest BCUT2D eigenvalue weighted by molar-refractivity contribution is 5.77. The van der Waals surface area contributed by atoms with Gasteiger partial charge in [-0.25, -0.2) is 4.68 Å². The molecular formula is C16H18N4O. The second-order valence-corrected chi connectivity index (χ2v) is 4.58. The molecule has 1 heterocycles. The number of hydrogen-bond donors (Lipinski definition) is 2. The first-order valence-electron chi connectivity index (χ1n) is 6.70. The zero-order valence-electron chi connectivity index (χ0n) is 12.2. The molecule has 3 N–H and O–H groups in total. The molecule has 0 bridgehead atoms. The van der Waals surface area contributed by atoms with Gasteiger partial charge in [-0.2, -0.15) is 5.10 Å². The van der Waals surface area contributed by atoms with Gasteiger partial charge in [-0.1, -0.05) is 30.0 Å². The summed E-state index contributed by atoms with van der Waals surface area (Å²) >= 11 is 0. The molecule has 0 saturated heterocycles. The van der Waals surface area contributed by atoms with Crippen LogP contribution in [0.4, 0.5) is 0 Å². The quantitative estimate of drug-likeness (QED) is 0.822. The third-order valence-corrected chi connectivity index (χ3v) is 3.06. The SMILES string of the molecule is Cc1nn(-c2ccccc2)c(C)c1C#CCNC(=O)CN. The lowest BCUT2D eigenvalue weighted by Gasteiger charge is -2.03. The number of carbonyl (C=O) groups is 1. The Labute approximate surface area is 124 Å². The molecule has 2 aromatic rings. The first-order valence-corrected chi connectivity index (χ1v) is 6.70. The number of nitrogens with zero attached hydrogens (tertiary/aromatic N) is 2. The van der Waals surface area contributed by atoms with E-state index in [1.165, 1.54) is 0 Å². The molecule has 1 aromatic carbocycles. The van der Waals surface area contributed by atoms with Crippen molar-refractivity contribution in [3.8, 4) is 17.5 Å². The zero-order valence-corrected chi connectivity index (χ0v) is 12.2. The van der Waals surface area contributed by atoms with E-state index >= 15 is 0 Å². The summed E-state index contributed by atoms with van der Waals surface area (Å²) in [6, 6.07) is 9.91. The van der Waals surface area contributed by atoms with E-state index < -0.39 is 0 Å². The number of amides is 1. The fourth-order valence-corrected chi connectivity index (χ4v) is 1.99. The summed E-state index contributed by atoms with van der Waals surface area (Å²) in [5.74, 6) is 5.77. The van der Waals surface area contributed by atoms with Gasteiger partial charge in [0, 0.05) is 0 Å². The van der Waals surface area contributed by atoms with E-state index in [4.69, 9.17) is 5.73 Å². The Bertz CT molecular complexity index is 692. The monoisotopic (exact) mass is 282 g/mol. The summed E-state index contributed by atoms with van der Waals surface area (Å²) in [7, 11) is 0. The smallest absolute Gasteiger partial charge is 0.234 e. The predicted molar refractivity (Wildman–Crippen MR) is 82.0 cm³/mol. The number of rotatable bonds is 3. The molecule has 5 nitrogen and oxygen atoms in total. The van der Waals surface area contributed by atoms with Gasteiger partial charge in [0.05, 0.1) is 35.7 Å². The number of para-hydroxylation sites is 1. The highest BCUT2D eigenvalue weighted by Gasteiger charge is 2.10. The molecule has 0 atom stereocenters. The van der Waals surface area contributed by atoms with Crippen molar-refractivity contribution in [2.75, 3.05) is 13.1 Å². The van der Waals surface area contributed by atoms with Gasteiger partial charge in [-0.3, -0.25) is 4.79 Å². The average Bonchev–Trinajstić information content (AvgIpc) is 2.79. The van der Waals surface area contributed by atoms with Crippen molar-refractivity contribution in [3.63, 3.8) is 0 Å². The van der Waals surface area contributed by atoms with E-state index in [0.29, 0.717) is 0 Å². The van der Waals surface area contributed by atoms with Crippen LogP contribution in [0, 0.1) is 25.7 Å². The van der Waals surface area contributed by atoms with Gasteiger partial charge in [0.15, 0.2) is 0 Å². The minimum absolute atomic E-state index is 0.0221. The molecule has 0 spiro atoms. The van der Waals surface area contributed by atoms with Gasteiger partial charge in [0.25, 0.3) is 0 Å². The summed E-state index contributed by atoms with van der Waals surface area (Å²) in [6.07, 6.45) is 0. The highest BCUT2D eigenvalue weighted by Crippen LogP contribution is 2.16. The van der Waals surface area contributed by atoms with Gasteiger partial charge in [-0.15, -0.1) is 0 Å². The van der Waals surface area contributed by atoms with Crippen LogP contribution in [0.5, 0.6) is 0 Å². The van der Waals surface area contributed by atoms with E-state index in [-0.39, 0.29) is 19.0 Å². The summed E-state index contributed by atoms with van der Waals surface area (Å²) in [5, 5.41) is 7.13. The maximum Gasteiger partial charge on any atom is 0.234 e. The van der Waals surface area contributed by atoms with Crippen molar-refractivity contribution >= 4 is 5.91 Å². The van der Waals surface area contributed by atoms with Crippen LogP contribution in [0.2, 0.25) is 0 Å². The lowest BCUT2D eigenvalue weighted by atomic mass is 10.2. The summed E-state index contributed by atoms with van der Waals surface area (Å²) in [4.78, 5) is 11.0. The molecule has 0 fully saturated rings. The number of nitrogens with one attached hydrogen (secondary N) is 1. The Kier molecular flexibility index (Phi) is 4.75. The van der Waals surface area contributed by atoms with Crippen LogP contribution in [0.15, 0.2) is 30.3 Å². The first kappa shape index (κ1) is 14.8. The molecule has 21 heavy (non-hydrogen) atoms. The zero-order chi connectivity index (χ0) is 15.2. The largest absolute Gasteiger partial charge is 0.344 e. The number of carbonyl (C=O) groups excluding carboxylic acids is 1. The first-order chi connectivity index (χ1) is 10.1. The average molecular weight is 282 g/mol. The van der Waals surface area contributed by atoms with Gasteiger partial charge in [-0.05, 0) is 26.0 Å². The van der Waals surface area contributed by atoms with Crippen LogP contribution in [0.3, 0.4) is 0 Å². The van der Waals surface area contributed by atoms with E-state index in [9.17, 15) is 4.79 Å². The highest BCUT2D eigenvalue weighted by atomic mass is 16.1. The van der Waals surface area contributed by atoms with Crippen molar-refractivity contribution in [3.05, 3.63) is 47.3 Å². The van der Waals surface area contributed by atoms with E-state index in [1.54, 1.807) is 0 Å². The minimum atomic E-state index is -0.210. The fraction of sp³-hybridized carbons (Fsp3) is 0.250. The Hall–Kier alpha value is -2.58. The number of hydrogen-bond acceptors (Lipinski definition) is 3. The minimum Gasteiger partial charge on any atom is -0.344 e. The van der Waals surface area contributed by atoms with Gasteiger partial charge in [0.2, 0.25) is 5.91 Å². The second kappa shape index (κ2) is 6.73. The number of aromatic nitrogens is 2. The Morgan fingerprint density at radius 2 is 2.05 bits per heavy atom. The Morgan fingerprint density at radius 3 is 2.71 bits per heavy atom. The van der Waals surface area contributed by atoms with Gasteiger partial charge < -0.3 is 11.1 Å². The van der Waals surface area contributed by atoms with Crippen LogP contribution in [0.25, 0.3) is 5.69 Å². The number of benzene rings is 1. The van der Waals surface area contributed by atoms with Crippen LogP contribution in [0.1, 0.15) is 17.0 Å². The normalized spacial score (nSPS) is 9.86. The maximum atomic E-state index is 11.0. The second-order valence-electron chi connectivity index (χ2n) is 4.58. The molecule has 108 valence electrons. The van der Waals surface area contributed by atoms with Crippen molar-refractivity contribution < 1.29 is 4.79 Å². The molecule has 0 aliphatic rings. The maximum absolute atomic E-state index is 11.0. The molecule has 5 heteroatoms. The lowest BCUT2D eigenvalue weighted by Crippen LogP contribution is -2.30. The van der Waals surface area contributed by atoms with E-state index in [1.807, 2.05) is 48.9 Å². The van der Waals surface area contributed by atoms with Crippen LogP contribution in [-0.2, 0) is 4.79 Å². The summed E-state index contributed by atoms with van der Waals surface area (Å²) in [6.45, 7) is 4.17. The standard InChI is InChI=1S/C16H18N4O/c1-12-15(9-6-10-18-16(21)11-17)13(2)20(19-12)14-7-4-3-5-8-14/h3-5,7-8H,10-11,17H2,1-2H3,(H,18,21). The number of nitrogens with two attached hydrogens (primary N) is 1. The third kappa shape index (κ3) is 3.50. The summed E-state index contributed by atoms with van der Waals surface area (Å²) < 4.78 is 1.87. The van der Waals surface area contributed by atoms with E-state index in [2.05, 4.69) is 22.3 Å². The molecule has 2 rings (SSSR count). The molecular weight excluding hydrogens is 264 g/mol. The topological polar surface area (TPSA) is 72.9 Å². The molecule has 1 aromatic heterocycles. The van der Waals surface area contributed by atoms with Crippen molar-refractivity contribution in [2.45, 2.75) is 13.8 Å². The van der Waals surface area contributed by atoms with Crippen molar-refractivity contribution in [1.82, 2.24) is 15.1 Å². The van der Waals surface area contributed by atoms with E-state index in [0.717, 1.165) is 22.6 Å². The van der Waals surface area contributed by atoms with Crippen LogP contribution >= 0.6 is 0 Å². The van der Waals surface area contributed by atoms with Crippen molar-refractivity contribution in [2.24, 2.45) is 5.73 Å². The summed E-state index contributed by atoms with van der Waals surface area (Å²) in [5.41, 5.74) is 8.95. The molecule has 1 amide bonds. The predicted octanol–water partition coefficient (Wildman–Crippen LogP) is 0.916. The molecule has 0 saturated carbocycles. The lowest BCUT2D eigenvalue weighted by molar-refractivity contribution is -0.119. The number of aryl methyl sites for hydroxylation is 1. The molecule has 0 aliphatic carbocycles. The Balaban J connectivity index is 2.21.